The zero-order valence-corrected chi connectivity index (χ0v) is 25.5. The van der Waals surface area contributed by atoms with Crippen LogP contribution in [0.1, 0.15) is 64.9 Å². The molecule has 0 saturated heterocycles. The molecule has 0 aliphatic heterocycles. The highest BCUT2D eigenvalue weighted by molar-refractivity contribution is 7.16. The molecule has 0 unspecified atom stereocenters. The molecule has 2 aromatic heterocycles. The first-order chi connectivity index (χ1) is 20.8. The van der Waals surface area contributed by atoms with Crippen LogP contribution in [0.3, 0.4) is 0 Å². The monoisotopic (exact) mass is 594 g/mol. The van der Waals surface area contributed by atoms with Crippen LogP contribution < -0.4 is 10.1 Å². The van der Waals surface area contributed by atoms with Gasteiger partial charge in [0, 0.05) is 22.2 Å². The highest BCUT2D eigenvalue weighted by atomic mass is 32.1. The summed E-state index contributed by atoms with van der Waals surface area (Å²) in [7, 11) is 0. The molecule has 0 saturated carbocycles. The van der Waals surface area contributed by atoms with E-state index in [1.54, 1.807) is 42.0 Å². The van der Waals surface area contributed by atoms with Crippen molar-refractivity contribution < 1.29 is 18.3 Å². The van der Waals surface area contributed by atoms with Gasteiger partial charge >= 0.3 is 0 Å². The third kappa shape index (κ3) is 6.27. The van der Waals surface area contributed by atoms with Crippen LogP contribution in [0.5, 0.6) is 5.75 Å². The molecule has 3 aromatic carbocycles. The molecule has 1 N–H and O–H groups in total. The van der Waals surface area contributed by atoms with Crippen molar-refractivity contribution in [2.45, 2.75) is 53.2 Å². The molecule has 2 heterocycles. The molecule has 5 aromatic rings. The Morgan fingerprint density at radius 3 is 2.70 bits per heavy atom. The molecule has 1 atom stereocenters. The van der Waals surface area contributed by atoms with Gasteiger partial charge in [0.1, 0.15) is 28.9 Å². The minimum absolute atomic E-state index is 0.0911. The smallest absolute Gasteiger partial charge is 0.255 e. The number of hydrogen-bond donors (Lipinski definition) is 1. The molecule has 0 bridgehead atoms. The van der Waals surface area contributed by atoms with E-state index in [-0.39, 0.29) is 23.7 Å². The van der Waals surface area contributed by atoms with Gasteiger partial charge in [-0.1, -0.05) is 69.3 Å². The second kappa shape index (κ2) is 12.2. The van der Waals surface area contributed by atoms with Gasteiger partial charge in [-0.15, -0.1) is 11.3 Å². The summed E-state index contributed by atoms with van der Waals surface area (Å²) in [4.78, 5) is 19.9. The van der Waals surface area contributed by atoms with E-state index in [0.29, 0.717) is 40.1 Å². The number of fused-ring (bicyclic) bond motifs is 2. The van der Waals surface area contributed by atoms with Crippen LogP contribution in [0.15, 0.2) is 88.5 Å². The Morgan fingerprint density at radius 2 is 1.91 bits per heavy atom. The first kappa shape index (κ1) is 28.9. The molecule has 0 fully saturated rings. The zero-order valence-electron chi connectivity index (χ0n) is 24.7. The summed E-state index contributed by atoms with van der Waals surface area (Å²) >= 11 is 1.60. The van der Waals surface area contributed by atoms with Crippen molar-refractivity contribution >= 4 is 39.2 Å². The number of amides is 1. The summed E-state index contributed by atoms with van der Waals surface area (Å²) in [6.07, 6.45) is 6.21. The Labute approximate surface area is 255 Å². The van der Waals surface area contributed by atoms with Crippen LogP contribution in [0, 0.1) is 17.2 Å². The molecular formula is C36H35FN2O3S. The molecular weight excluding hydrogens is 559 g/mol. The molecule has 220 valence electrons. The highest BCUT2D eigenvalue weighted by Crippen LogP contribution is 2.45. The molecule has 0 radical (unpaired) electrons. The topological polar surface area (TPSA) is 63.8 Å². The average Bonchev–Trinajstić information content (AvgIpc) is 3.65. The fourth-order valence-corrected chi connectivity index (χ4v) is 7.00. The molecule has 1 aliphatic carbocycles. The summed E-state index contributed by atoms with van der Waals surface area (Å²) in [5, 5.41) is 5.73. The number of nitrogens with one attached hydrogen (secondary N) is 1. The lowest BCUT2D eigenvalue weighted by Crippen LogP contribution is -2.28. The van der Waals surface area contributed by atoms with Crippen molar-refractivity contribution in [3.8, 4) is 5.75 Å². The van der Waals surface area contributed by atoms with E-state index < -0.39 is 0 Å². The van der Waals surface area contributed by atoms with Crippen molar-refractivity contribution in [3.05, 3.63) is 118 Å². The quantitative estimate of drug-likeness (QED) is 0.182. The Bertz CT molecular complexity index is 1780. The van der Waals surface area contributed by atoms with Crippen LogP contribution in [-0.4, -0.2) is 12.1 Å². The predicted octanol–water partition coefficient (Wildman–Crippen LogP) is 9.04. The number of ether oxygens (including phenoxy) is 1. The molecule has 1 aliphatic rings. The molecule has 43 heavy (non-hydrogen) atoms. The highest BCUT2D eigenvalue weighted by Gasteiger charge is 2.33. The number of rotatable bonds is 8. The zero-order chi connectivity index (χ0) is 30.0. The van der Waals surface area contributed by atoms with Gasteiger partial charge in [-0.25, -0.2) is 9.38 Å². The SMILES string of the molecule is CC(C)(C)[C@@H]1CCc2c(sc(N=Cc3c(OCc4ccccc4F)ccc4ccccc34)c2C(=O)NCc2ccco2)C1. The maximum absolute atomic E-state index is 14.4. The second-order valence-electron chi connectivity index (χ2n) is 12.1. The number of carbonyl (C=O) groups is 1. The van der Waals surface area contributed by atoms with Crippen LogP contribution >= 0.6 is 11.3 Å². The fraction of sp³-hybridized carbons (Fsp3) is 0.278. The lowest BCUT2D eigenvalue weighted by Gasteiger charge is -2.33. The number of aliphatic imine (C=N–C) groups is 1. The van der Waals surface area contributed by atoms with Gasteiger partial charge in [-0.05, 0) is 71.2 Å². The first-order valence-electron chi connectivity index (χ1n) is 14.6. The largest absolute Gasteiger partial charge is 0.488 e. The summed E-state index contributed by atoms with van der Waals surface area (Å²) in [6, 6.07) is 22.2. The first-order valence-corrected chi connectivity index (χ1v) is 15.5. The van der Waals surface area contributed by atoms with Crippen LogP contribution in [-0.2, 0) is 26.0 Å². The maximum atomic E-state index is 14.4. The van der Waals surface area contributed by atoms with Gasteiger partial charge in [0.2, 0.25) is 0 Å². The van der Waals surface area contributed by atoms with Crippen LogP contribution in [0.4, 0.5) is 9.39 Å². The number of nitrogens with zero attached hydrogens (tertiary/aromatic N) is 1. The number of halogens is 1. The van der Waals surface area contributed by atoms with E-state index in [1.165, 1.54) is 10.9 Å². The summed E-state index contributed by atoms with van der Waals surface area (Å²) in [5.41, 5.74) is 3.19. The van der Waals surface area contributed by atoms with Crippen molar-refractivity contribution in [3.63, 3.8) is 0 Å². The standard InChI is InChI=1S/C36H35FN2O3S/c1-36(2,3)25-15-16-28-32(19-25)43-35(33(28)34(40)38-20-26-11-8-18-41-26)39-21-29-27-12-6-4-9-23(27)14-17-31(29)42-22-24-10-5-7-13-30(24)37/h4-14,17-18,21,25H,15-16,19-20,22H2,1-3H3,(H,38,40)/t25-/m1/s1. The fourth-order valence-electron chi connectivity index (χ4n) is 5.73. The lowest BCUT2D eigenvalue weighted by atomic mass is 9.72. The second-order valence-corrected chi connectivity index (χ2v) is 13.2. The minimum atomic E-state index is -0.304. The third-order valence-electron chi connectivity index (χ3n) is 8.28. The maximum Gasteiger partial charge on any atom is 0.255 e. The number of hydrogen-bond acceptors (Lipinski definition) is 5. The van der Waals surface area contributed by atoms with E-state index >= 15 is 0 Å². The Kier molecular flexibility index (Phi) is 8.17. The van der Waals surface area contributed by atoms with E-state index in [9.17, 15) is 9.18 Å². The average molecular weight is 595 g/mol. The van der Waals surface area contributed by atoms with Crippen molar-refractivity contribution in [2.24, 2.45) is 16.3 Å². The van der Waals surface area contributed by atoms with Gasteiger partial charge in [0.15, 0.2) is 0 Å². The van der Waals surface area contributed by atoms with E-state index in [0.717, 1.165) is 41.2 Å². The van der Waals surface area contributed by atoms with Crippen molar-refractivity contribution in [1.29, 1.82) is 0 Å². The van der Waals surface area contributed by atoms with Gasteiger partial charge in [-0.3, -0.25) is 4.79 Å². The van der Waals surface area contributed by atoms with Gasteiger partial charge < -0.3 is 14.5 Å². The van der Waals surface area contributed by atoms with Crippen LogP contribution in [0.2, 0.25) is 0 Å². The van der Waals surface area contributed by atoms with Crippen LogP contribution in [0.25, 0.3) is 10.8 Å². The van der Waals surface area contributed by atoms with E-state index in [4.69, 9.17) is 14.1 Å². The van der Waals surface area contributed by atoms with E-state index in [2.05, 4.69) is 26.1 Å². The molecule has 6 rings (SSSR count). The molecule has 0 spiro atoms. The van der Waals surface area contributed by atoms with Crippen molar-refractivity contribution in [1.82, 2.24) is 5.32 Å². The van der Waals surface area contributed by atoms with E-state index in [1.807, 2.05) is 48.5 Å². The molecule has 1 amide bonds. The summed E-state index contributed by atoms with van der Waals surface area (Å²) in [5.74, 6) is 1.38. The number of thiophene rings is 1. The molecule has 5 nitrogen and oxygen atoms in total. The Hall–Kier alpha value is -4.23. The summed E-state index contributed by atoms with van der Waals surface area (Å²) in [6.45, 7) is 7.26. The lowest BCUT2D eigenvalue weighted by molar-refractivity contribution is 0.0947. The third-order valence-corrected chi connectivity index (χ3v) is 9.45. The van der Waals surface area contributed by atoms with Crippen molar-refractivity contribution in [2.75, 3.05) is 0 Å². The summed E-state index contributed by atoms with van der Waals surface area (Å²) < 4.78 is 26.0. The Balaban J connectivity index is 1.37. The number of carbonyl (C=O) groups excluding carboxylic acids is 1. The Morgan fingerprint density at radius 1 is 1.09 bits per heavy atom. The van der Waals surface area contributed by atoms with Gasteiger partial charge in [-0.2, -0.15) is 0 Å². The van der Waals surface area contributed by atoms with Gasteiger partial charge in [0.05, 0.1) is 18.4 Å². The number of benzene rings is 3. The predicted molar refractivity (Wildman–Crippen MR) is 171 cm³/mol. The minimum Gasteiger partial charge on any atom is -0.488 e. The number of furan rings is 1. The normalized spacial score (nSPS) is 15.1. The van der Waals surface area contributed by atoms with Gasteiger partial charge in [0.25, 0.3) is 5.91 Å². The molecule has 7 heteroatoms.